The number of aromatic nitrogens is 2. The Morgan fingerprint density at radius 2 is 2.11 bits per heavy atom. The van der Waals surface area contributed by atoms with E-state index in [1.807, 2.05) is 24.3 Å². The van der Waals surface area contributed by atoms with Crippen molar-refractivity contribution in [2.45, 2.75) is 6.42 Å². The molecule has 1 aromatic carbocycles. The first-order valence-corrected chi connectivity index (χ1v) is 6.10. The zero-order valence-corrected chi connectivity index (χ0v) is 11.1. The van der Waals surface area contributed by atoms with Crippen molar-refractivity contribution in [2.75, 3.05) is 11.9 Å². The Hall–Kier alpha value is -2.08. The van der Waals surface area contributed by atoms with Crippen LogP contribution in [0.3, 0.4) is 0 Å². The molecule has 0 atom stereocenters. The average molecular weight is 281 g/mol. The van der Waals surface area contributed by atoms with E-state index >= 15 is 0 Å². The Bertz CT molecular complexity index is 580. The van der Waals surface area contributed by atoms with Gasteiger partial charge >= 0.3 is 5.69 Å². The maximum absolute atomic E-state index is 10.8. The molecular weight excluding hydrogens is 268 g/mol. The van der Waals surface area contributed by atoms with Crippen LogP contribution in [0, 0.1) is 10.1 Å². The van der Waals surface area contributed by atoms with Gasteiger partial charge in [-0.25, -0.2) is 0 Å². The number of rotatable bonds is 5. The molecule has 0 aliphatic rings. The maximum Gasteiger partial charge on any atom is 0.330 e. The minimum Gasteiger partial charge on any atom is -0.363 e. The molecule has 0 saturated heterocycles. The maximum atomic E-state index is 10.8. The first kappa shape index (κ1) is 13.4. The van der Waals surface area contributed by atoms with E-state index in [4.69, 9.17) is 11.6 Å². The van der Waals surface area contributed by atoms with Gasteiger partial charge in [0, 0.05) is 18.6 Å². The molecule has 2 rings (SSSR count). The summed E-state index contributed by atoms with van der Waals surface area (Å²) in [4.78, 5) is 10.4. The van der Waals surface area contributed by atoms with Crippen LogP contribution in [0.2, 0.25) is 5.02 Å². The first-order chi connectivity index (χ1) is 9.06. The Morgan fingerprint density at radius 3 is 2.74 bits per heavy atom. The van der Waals surface area contributed by atoms with Crippen molar-refractivity contribution in [3.05, 3.63) is 51.2 Å². The molecule has 0 fully saturated rings. The van der Waals surface area contributed by atoms with Gasteiger partial charge in [0.05, 0.1) is 4.92 Å². The fourth-order valence-electron chi connectivity index (χ4n) is 1.71. The molecule has 1 heterocycles. The minimum atomic E-state index is -0.447. The van der Waals surface area contributed by atoms with E-state index in [0.717, 1.165) is 12.0 Å². The van der Waals surface area contributed by atoms with Gasteiger partial charge in [0.25, 0.3) is 0 Å². The quantitative estimate of drug-likeness (QED) is 0.675. The third kappa shape index (κ3) is 3.45. The van der Waals surface area contributed by atoms with Crippen LogP contribution >= 0.6 is 11.6 Å². The highest BCUT2D eigenvalue weighted by Crippen LogP contribution is 2.21. The van der Waals surface area contributed by atoms with E-state index in [2.05, 4.69) is 10.4 Å². The van der Waals surface area contributed by atoms with Crippen LogP contribution in [0.25, 0.3) is 0 Å². The summed E-state index contributed by atoms with van der Waals surface area (Å²) in [7, 11) is 1.65. The van der Waals surface area contributed by atoms with Crippen LogP contribution in [0.4, 0.5) is 11.5 Å². The van der Waals surface area contributed by atoms with Crippen molar-refractivity contribution in [1.82, 2.24) is 9.78 Å². The number of halogens is 1. The number of hydrogen-bond donors (Lipinski definition) is 1. The molecule has 1 aromatic heterocycles. The molecule has 1 N–H and O–H groups in total. The summed E-state index contributed by atoms with van der Waals surface area (Å²) in [5.74, 6) is 0.293. The van der Waals surface area contributed by atoms with Crippen molar-refractivity contribution in [2.24, 2.45) is 7.05 Å². The van der Waals surface area contributed by atoms with Gasteiger partial charge in [-0.2, -0.15) is 0 Å². The molecule has 0 unspecified atom stereocenters. The molecule has 100 valence electrons. The molecule has 0 aliphatic heterocycles. The van der Waals surface area contributed by atoms with Gasteiger partial charge in [0.2, 0.25) is 5.82 Å². The molecule has 0 saturated carbocycles. The highest BCUT2D eigenvalue weighted by molar-refractivity contribution is 6.30. The molecule has 2 aromatic rings. The van der Waals surface area contributed by atoms with Gasteiger partial charge < -0.3 is 5.32 Å². The third-order valence-corrected chi connectivity index (χ3v) is 2.88. The topological polar surface area (TPSA) is 73.0 Å². The monoisotopic (exact) mass is 280 g/mol. The standard InChI is InChI=1S/C12H13ClN4O2/c1-16-8-11(17(18)19)12(15-16)14-7-6-9-2-4-10(13)5-3-9/h2-5,8H,6-7H2,1H3,(H,14,15). The largest absolute Gasteiger partial charge is 0.363 e. The van der Waals surface area contributed by atoms with E-state index < -0.39 is 4.92 Å². The van der Waals surface area contributed by atoms with Crippen LogP contribution < -0.4 is 5.32 Å². The summed E-state index contributed by atoms with van der Waals surface area (Å²) >= 11 is 5.80. The Kier molecular flexibility index (Phi) is 4.01. The molecule has 0 radical (unpaired) electrons. The summed E-state index contributed by atoms with van der Waals surface area (Å²) in [6.45, 7) is 0.569. The number of benzene rings is 1. The number of nitro groups is 1. The number of nitrogens with zero attached hydrogens (tertiary/aromatic N) is 3. The normalized spacial score (nSPS) is 10.4. The lowest BCUT2D eigenvalue weighted by molar-refractivity contribution is -0.384. The van der Waals surface area contributed by atoms with Gasteiger partial charge in [-0.15, -0.1) is 5.10 Å². The Morgan fingerprint density at radius 1 is 1.42 bits per heavy atom. The Labute approximate surface area is 115 Å². The molecule has 0 spiro atoms. The molecule has 6 nitrogen and oxygen atoms in total. The molecule has 0 aliphatic carbocycles. The fraction of sp³-hybridized carbons (Fsp3) is 0.250. The lowest BCUT2D eigenvalue weighted by Gasteiger charge is -2.03. The summed E-state index contributed by atoms with van der Waals surface area (Å²) in [6.07, 6.45) is 2.12. The SMILES string of the molecule is Cn1cc([N+](=O)[O-])c(NCCc2ccc(Cl)cc2)n1. The molecule has 19 heavy (non-hydrogen) atoms. The van der Waals surface area contributed by atoms with Gasteiger partial charge in [0.15, 0.2) is 0 Å². The van der Waals surface area contributed by atoms with Gasteiger partial charge in [0.1, 0.15) is 6.20 Å². The second-order valence-corrected chi connectivity index (χ2v) is 4.53. The van der Waals surface area contributed by atoms with Crippen LogP contribution in [-0.4, -0.2) is 21.2 Å². The van der Waals surface area contributed by atoms with E-state index in [1.165, 1.54) is 10.9 Å². The van der Waals surface area contributed by atoms with Crippen molar-refractivity contribution in [3.63, 3.8) is 0 Å². The van der Waals surface area contributed by atoms with Crippen LogP contribution in [0.1, 0.15) is 5.56 Å². The van der Waals surface area contributed by atoms with Crippen molar-refractivity contribution < 1.29 is 4.92 Å². The smallest absolute Gasteiger partial charge is 0.330 e. The predicted octanol–water partition coefficient (Wildman–Crippen LogP) is 2.64. The summed E-state index contributed by atoms with van der Waals surface area (Å²) in [6, 6.07) is 7.49. The second-order valence-electron chi connectivity index (χ2n) is 4.10. The summed E-state index contributed by atoms with van der Waals surface area (Å²) in [5.41, 5.74) is 1.09. The van der Waals surface area contributed by atoms with E-state index in [-0.39, 0.29) is 5.69 Å². The van der Waals surface area contributed by atoms with Crippen molar-refractivity contribution in [1.29, 1.82) is 0 Å². The third-order valence-electron chi connectivity index (χ3n) is 2.63. The zero-order valence-electron chi connectivity index (χ0n) is 10.3. The van der Waals surface area contributed by atoms with E-state index in [0.29, 0.717) is 17.4 Å². The van der Waals surface area contributed by atoms with Gasteiger partial charge in [-0.1, -0.05) is 23.7 Å². The van der Waals surface area contributed by atoms with Crippen LogP contribution in [0.5, 0.6) is 0 Å². The molecular formula is C12H13ClN4O2. The number of aryl methyl sites for hydroxylation is 1. The number of anilines is 1. The first-order valence-electron chi connectivity index (χ1n) is 5.72. The molecule has 0 bridgehead atoms. The summed E-state index contributed by atoms with van der Waals surface area (Å²) < 4.78 is 1.42. The summed E-state index contributed by atoms with van der Waals surface area (Å²) in [5, 5.41) is 18.5. The van der Waals surface area contributed by atoms with Crippen LogP contribution in [0.15, 0.2) is 30.5 Å². The molecule has 0 amide bonds. The van der Waals surface area contributed by atoms with E-state index in [9.17, 15) is 10.1 Å². The van der Waals surface area contributed by atoms with Gasteiger partial charge in [-0.3, -0.25) is 14.8 Å². The average Bonchev–Trinajstić information content (AvgIpc) is 2.73. The van der Waals surface area contributed by atoms with Gasteiger partial charge in [-0.05, 0) is 24.1 Å². The zero-order chi connectivity index (χ0) is 13.8. The number of hydrogen-bond acceptors (Lipinski definition) is 4. The Balaban J connectivity index is 1.96. The highest BCUT2D eigenvalue weighted by atomic mass is 35.5. The minimum absolute atomic E-state index is 0.0152. The van der Waals surface area contributed by atoms with E-state index in [1.54, 1.807) is 7.05 Å². The highest BCUT2D eigenvalue weighted by Gasteiger charge is 2.17. The van der Waals surface area contributed by atoms with Crippen molar-refractivity contribution >= 4 is 23.1 Å². The predicted molar refractivity (Wildman–Crippen MR) is 73.5 cm³/mol. The van der Waals surface area contributed by atoms with Crippen LogP contribution in [-0.2, 0) is 13.5 Å². The number of nitrogens with one attached hydrogen (secondary N) is 1. The molecule has 7 heteroatoms. The second kappa shape index (κ2) is 5.71. The fourth-order valence-corrected chi connectivity index (χ4v) is 1.84. The lowest BCUT2D eigenvalue weighted by atomic mass is 10.1. The lowest BCUT2D eigenvalue weighted by Crippen LogP contribution is -2.07. The van der Waals surface area contributed by atoms with Crippen molar-refractivity contribution in [3.8, 4) is 0 Å².